The Kier molecular flexibility index (Phi) is 4.36. The summed E-state index contributed by atoms with van der Waals surface area (Å²) in [5.41, 5.74) is 0.972. The number of piperidine rings is 1. The van der Waals surface area contributed by atoms with Gasteiger partial charge in [0.25, 0.3) is 0 Å². The average molecular weight is 346 g/mol. The molecule has 3 rings (SSSR count). The van der Waals surface area contributed by atoms with Gasteiger partial charge in [0.1, 0.15) is 16.7 Å². The fourth-order valence-corrected chi connectivity index (χ4v) is 2.96. The standard InChI is InChI=1S/C17H22N4O4/c1-17(2,3)25-16(24)20-8-6-11(7-9-20)13-4-5-14-12(15(22)23)10-18-21(14)19-13/h4-5,10-11H,6-9H2,1-3H3,(H,22,23). The third-order valence-corrected chi connectivity index (χ3v) is 4.21. The summed E-state index contributed by atoms with van der Waals surface area (Å²) in [5.74, 6) is -0.809. The molecular formula is C17H22N4O4. The maximum atomic E-state index is 12.1. The average Bonchev–Trinajstić information content (AvgIpc) is 2.96. The van der Waals surface area contributed by atoms with Crippen molar-refractivity contribution in [2.24, 2.45) is 0 Å². The number of nitrogens with zero attached hydrogens (tertiary/aromatic N) is 4. The summed E-state index contributed by atoms with van der Waals surface area (Å²) in [5, 5.41) is 17.6. The molecule has 134 valence electrons. The van der Waals surface area contributed by atoms with Crippen molar-refractivity contribution in [2.75, 3.05) is 13.1 Å². The number of rotatable bonds is 2. The molecular weight excluding hydrogens is 324 g/mol. The molecule has 0 aliphatic carbocycles. The molecule has 0 radical (unpaired) electrons. The van der Waals surface area contributed by atoms with Gasteiger partial charge in [-0.2, -0.15) is 14.8 Å². The van der Waals surface area contributed by atoms with Gasteiger partial charge in [0.05, 0.1) is 11.9 Å². The van der Waals surface area contributed by atoms with E-state index in [2.05, 4.69) is 10.2 Å². The fourth-order valence-electron chi connectivity index (χ4n) is 2.96. The van der Waals surface area contributed by atoms with Gasteiger partial charge in [0.2, 0.25) is 0 Å². The third-order valence-electron chi connectivity index (χ3n) is 4.21. The molecule has 0 unspecified atom stereocenters. The van der Waals surface area contributed by atoms with E-state index in [1.54, 1.807) is 11.0 Å². The minimum Gasteiger partial charge on any atom is -0.478 e. The number of hydrogen-bond donors (Lipinski definition) is 1. The number of aromatic nitrogens is 3. The number of fused-ring (bicyclic) bond motifs is 1. The van der Waals surface area contributed by atoms with E-state index in [1.165, 1.54) is 10.8 Å². The first-order valence-corrected chi connectivity index (χ1v) is 8.31. The van der Waals surface area contributed by atoms with Crippen LogP contribution >= 0.6 is 0 Å². The zero-order valence-corrected chi connectivity index (χ0v) is 14.6. The highest BCUT2D eigenvalue weighted by molar-refractivity contribution is 5.95. The summed E-state index contributed by atoms with van der Waals surface area (Å²) in [6.07, 6.45) is 2.59. The van der Waals surface area contributed by atoms with Gasteiger partial charge in [-0.15, -0.1) is 0 Å². The summed E-state index contributed by atoms with van der Waals surface area (Å²) >= 11 is 0. The van der Waals surface area contributed by atoms with Gasteiger partial charge >= 0.3 is 12.1 Å². The topological polar surface area (TPSA) is 97.0 Å². The lowest BCUT2D eigenvalue weighted by molar-refractivity contribution is 0.0203. The zero-order chi connectivity index (χ0) is 18.2. The van der Waals surface area contributed by atoms with Gasteiger partial charge < -0.3 is 14.7 Å². The van der Waals surface area contributed by atoms with Crippen LogP contribution in [0.25, 0.3) is 5.52 Å². The second kappa shape index (κ2) is 6.34. The Morgan fingerprint density at radius 3 is 2.52 bits per heavy atom. The predicted molar refractivity (Wildman–Crippen MR) is 89.7 cm³/mol. The number of carboxylic acids is 1. The summed E-state index contributed by atoms with van der Waals surface area (Å²) in [7, 11) is 0. The van der Waals surface area contributed by atoms with Crippen LogP contribution in [0.5, 0.6) is 0 Å². The van der Waals surface area contributed by atoms with Gasteiger partial charge in [-0.3, -0.25) is 0 Å². The molecule has 0 spiro atoms. The second-order valence-corrected chi connectivity index (χ2v) is 7.24. The quantitative estimate of drug-likeness (QED) is 0.897. The van der Waals surface area contributed by atoms with E-state index in [0.29, 0.717) is 18.6 Å². The van der Waals surface area contributed by atoms with Crippen LogP contribution in [0.3, 0.4) is 0 Å². The molecule has 8 nitrogen and oxygen atoms in total. The Morgan fingerprint density at radius 2 is 1.92 bits per heavy atom. The first-order valence-electron chi connectivity index (χ1n) is 8.31. The highest BCUT2D eigenvalue weighted by Gasteiger charge is 2.28. The van der Waals surface area contributed by atoms with Crippen LogP contribution in [0.1, 0.15) is 55.6 Å². The number of carbonyl (C=O) groups is 2. The molecule has 0 bridgehead atoms. The largest absolute Gasteiger partial charge is 0.478 e. The Bertz CT molecular complexity index is 801. The number of carboxylic acid groups (broad SMARTS) is 1. The van der Waals surface area contributed by atoms with Gasteiger partial charge in [-0.25, -0.2) is 9.59 Å². The molecule has 2 aromatic heterocycles. The Balaban J connectivity index is 1.68. The molecule has 1 aliphatic heterocycles. The molecule has 1 saturated heterocycles. The number of likely N-dealkylation sites (tertiary alicyclic amines) is 1. The predicted octanol–water partition coefficient (Wildman–Crippen LogP) is 2.54. The first kappa shape index (κ1) is 17.2. The minimum absolute atomic E-state index is 0.138. The normalized spacial score (nSPS) is 16.2. The number of ether oxygens (including phenoxy) is 1. The van der Waals surface area contributed by atoms with Crippen molar-refractivity contribution >= 4 is 17.6 Å². The van der Waals surface area contributed by atoms with E-state index in [4.69, 9.17) is 9.84 Å². The lowest BCUT2D eigenvalue weighted by atomic mass is 9.93. The van der Waals surface area contributed by atoms with Crippen LogP contribution in [-0.2, 0) is 4.74 Å². The SMILES string of the molecule is CC(C)(C)OC(=O)N1CCC(c2ccc3c(C(=O)O)cnn3n2)CC1. The van der Waals surface area contributed by atoms with Crippen LogP contribution in [0.15, 0.2) is 18.3 Å². The zero-order valence-electron chi connectivity index (χ0n) is 14.6. The minimum atomic E-state index is -1.02. The summed E-state index contributed by atoms with van der Waals surface area (Å²) in [6.45, 7) is 6.78. The smallest absolute Gasteiger partial charge is 0.410 e. The molecule has 0 saturated carbocycles. The van der Waals surface area contributed by atoms with Crippen molar-refractivity contribution in [3.05, 3.63) is 29.6 Å². The van der Waals surface area contributed by atoms with Crippen LogP contribution in [-0.4, -0.2) is 55.6 Å². The lowest BCUT2D eigenvalue weighted by Gasteiger charge is -2.33. The fraction of sp³-hybridized carbons (Fsp3) is 0.529. The second-order valence-electron chi connectivity index (χ2n) is 7.24. The molecule has 1 aliphatic rings. The van der Waals surface area contributed by atoms with E-state index in [1.807, 2.05) is 26.8 Å². The number of aromatic carboxylic acids is 1. The van der Waals surface area contributed by atoms with Crippen LogP contribution in [0, 0.1) is 0 Å². The van der Waals surface area contributed by atoms with E-state index in [9.17, 15) is 9.59 Å². The Morgan fingerprint density at radius 1 is 1.24 bits per heavy atom. The molecule has 2 aromatic rings. The maximum Gasteiger partial charge on any atom is 0.410 e. The van der Waals surface area contributed by atoms with Crippen molar-refractivity contribution in [2.45, 2.75) is 45.1 Å². The number of hydrogen-bond acceptors (Lipinski definition) is 5. The van der Waals surface area contributed by atoms with Gasteiger partial charge in [-0.05, 0) is 45.7 Å². The molecule has 1 amide bonds. The first-order chi connectivity index (χ1) is 11.7. The summed E-state index contributed by atoms with van der Waals surface area (Å²) in [6, 6.07) is 3.58. The molecule has 8 heteroatoms. The van der Waals surface area contributed by atoms with E-state index in [-0.39, 0.29) is 17.6 Å². The van der Waals surface area contributed by atoms with Gasteiger partial charge in [-0.1, -0.05) is 0 Å². The summed E-state index contributed by atoms with van der Waals surface area (Å²) in [4.78, 5) is 25.0. The van der Waals surface area contributed by atoms with Crippen molar-refractivity contribution in [1.82, 2.24) is 19.7 Å². The van der Waals surface area contributed by atoms with Crippen molar-refractivity contribution in [3.8, 4) is 0 Å². The van der Waals surface area contributed by atoms with Crippen molar-refractivity contribution < 1.29 is 19.4 Å². The molecule has 0 aromatic carbocycles. The molecule has 3 heterocycles. The van der Waals surface area contributed by atoms with Crippen molar-refractivity contribution in [3.63, 3.8) is 0 Å². The van der Waals surface area contributed by atoms with Crippen LogP contribution < -0.4 is 0 Å². The summed E-state index contributed by atoms with van der Waals surface area (Å²) < 4.78 is 6.76. The Hall–Kier alpha value is -2.64. The van der Waals surface area contributed by atoms with Crippen LogP contribution in [0.2, 0.25) is 0 Å². The molecule has 25 heavy (non-hydrogen) atoms. The van der Waals surface area contributed by atoms with E-state index >= 15 is 0 Å². The molecule has 1 fully saturated rings. The van der Waals surface area contributed by atoms with E-state index in [0.717, 1.165) is 18.5 Å². The maximum absolute atomic E-state index is 12.1. The molecule has 0 atom stereocenters. The van der Waals surface area contributed by atoms with Gasteiger partial charge in [0.15, 0.2) is 0 Å². The molecule has 1 N–H and O–H groups in total. The highest BCUT2D eigenvalue weighted by Crippen LogP contribution is 2.28. The van der Waals surface area contributed by atoms with Gasteiger partial charge in [0, 0.05) is 19.0 Å². The monoisotopic (exact) mass is 346 g/mol. The number of amides is 1. The van der Waals surface area contributed by atoms with Crippen molar-refractivity contribution in [1.29, 1.82) is 0 Å². The Labute approximate surface area is 145 Å². The third kappa shape index (κ3) is 3.72. The lowest BCUT2D eigenvalue weighted by Crippen LogP contribution is -2.41. The van der Waals surface area contributed by atoms with Crippen LogP contribution in [0.4, 0.5) is 4.79 Å². The highest BCUT2D eigenvalue weighted by atomic mass is 16.6. The van der Waals surface area contributed by atoms with E-state index < -0.39 is 11.6 Å². The number of carbonyl (C=O) groups excluding carboxylic acids is 1.